The fourth-order valence-electron chi connectivity index (χ4n) is 11.5. The van der Waals surface area contributed by atoms with Crippen LogP contribution in [0.4, 0.5) is 4.79 Å². The summed E-state index contributed by atoms with van der Waals surface area (Å²) < 4.78 is 61.9. The highest BCUT2D eigenvalue weighted by atomic mass is 32.2. The molecule has 4 fully saturated rings. The van der Waals surface area contributed by atoms with Crippen LogP contribution in [0.5, 0.6) is 0 Å². The molecule has 5 heterocycles. The highest BCUT2D eigenvalue weighted by Gasteiger charge is 2.70. The summed E-state index contributed by atoms with van der Waals surface area (Å²) in [5, 5.41) is 17.2. The molecule has 3 N–H and O–H groups in total. The lowest BCUT2D eigenvalue weighted by molar-refractivity contribution is -0.229. The molecule has 1 spiro atoms. The van der Waals surface area contributed by atoms with Gasteiger partial charge in [0.15, 0.2) is 17.7 Å². The molecule has 4 saturated heterocycles. The van der Waals surface area contributed by atoms with Gasteiger partial charge in [-0.3, -0.25) is 19.3 Å². The number of cyclic esters (lactones) is 1. The van der Waals surface area contributed by atoms with Crippen LogP contribution in [0.25, 0.3) is 11.3 Å². The lowest BCUT2D eigenvalue weighted by Gasteiger charge is -2.51. The summed E-state index contributed by atoms with van der Waals surface area (Å²) in [5.74, 6) is -4.30. The van der Waals surface area contributed by atoms with Crippen molar-refractivity contribution >= 4 is 33.7 Å². The third-order valence-corrected chi connectivity index (χ3v) is 16.2. The Morgan fingerprint density at radius 3 is 2.27 bits per heavy atom. The Balaban J connectivity index is 1.18. The van der Waals surface area contributed by atoms with Crippen molar-refractivity contribution in [2.45, 2.75) is 152 Å². The van der Waals surface area contributed by atoms with Gasteiger partial charge in [0.2, 0.25) is 10.0 Å². The van der Waals surface area contributed by atoms with E-state index in [9.17, 15) is 32.7 Å². The largest absolute Gasteiger partial charge is 0.460 e. The molecule has 16 nitrogen and oxygen atoms in total. The van der Waals surface area contributed by atoms with Crippen LogP contribution in [0.2, 0.25) is 0 Å². The monoisotopic (exact) mass is 949 g/mol. The average Bonchev–Trinajstić information content (AvgIpc) is 3.99. The number of nitrogens with zero attached hydrogens (tertiary/aromatic N) is 2. The number of rotatable bonds is 12. The van der Waals surface area contributed by atoms with E-state index in [4.69, 9.17) is 33.2 Å². The number of furan rings is 1. The van der Waals surface area contributed by atoms with Gasteiger partial charge < -0.3 is 38.1 Å². The van der Waals surface area contributed by atoms with E-state index < -0.39 is 105 Å². The predicted molar refractivity (Wildman–Crippen MR) is 246 cm³/mol. The van der Waals surface area contributed by atoms with Gasteiger partial charge in [0.1, 0.15) is 41.0 Å². The van der Waals surface area contributed by atoms with E-state index in [-0.39, 0.29) is 36.5 Å². The first-order valence-corrected chi connectivity index (χ1v) is 24.9. The third kappa shape index (κ3) is 9.37. The molecule has 67 heavy (non-hydrogen) atoms. The number of sulfonamides is 1. The number of likely N-dealkylation sites (N-methyl/N-ethyl adjacent to an activating group) is 1. The van der Waals surface area contributed by atoms with Gasteiger partial charge in [-0.05, 0) is 108 Å². The number of methoxy groups -OCH3 is 1. The molecule has 366 valence electrons. The highest BCUT2D eigenvalue weighted by molar-refractivity contribution is 7.89. The van der Waals surface area contributed by atoms with Crippen molar-refractivity contribution in [1.29, 1.82) is 0 Å². The zero-order valence-electron chi connectivity index (χ0n) is 40.0. The number of fused-ring (bicyclic) bond motifs is 4. The van der Waals surface area contributed by atoms with Crippen molar-refractivity contribution in [2.24, 2.45) is 28.8 Å². The first-order chi connectivity index (χ1) is 31.6. The van der Waals surface area contributed by atoms with Crippen molar-refractivity contribution in [3.63, 3.8) is 0 Å². The van der Waals surface area contributed by atoms with E-state index in [1.807, 2.05) is 37.1 Å². The first-order valence-electron chi connectivity index (χ1n) is 23.4. The van der Waals surface area contributed by atoms with Gasteiger partial charge in [-0.2, -0.15) is 0 Å². The van der Waals surface area contributed by atoms with E-state index >= 15 is 0 Å². The molecule has 17 heteroatoms. The van der Waals surface area contributed by atoms with E-state index in [2.05, 4.69) is 12.1 Å². The molecule has 2 bridgehead atoms. The Morgan fingerprint density at radius 2 is 1.63 bits per heavy atom. The lowest BCUT2D eigenvalue weighted by Crippen LogP contribution is -2.66. The zero-order valence-corrected chi connectivity index (χ0v) is 40.8. The number of benzene rings is 2. The van der Waals surface area contributed by atoms with Crippen molar-refractivity contribution in [3.05, 3.63) is 78.1 Å². The summed E-state index contributed by atoms with van der Waals surface area (Å²) in [6, 6.07) is 18.3. The summed E-state index contributed by atoms with van der Waals surface area (Å²) in [6.45, 7) is 12.6. The van der Waals surface area contributed by atoms with E-state index in [1.54, 1.807) is 63.8 Å². The molecule has 0 radical (unpaired) electrons. The summed E-state index contributed by atoms with van der Waals surface area (Å²) in [6.07, 6.45) is -2.16. The summed E-state index contributed by atoms with van der Waals surface area (Å²) in [4.78, 5) is 61.6. The number of carbonyl (C=O) groups is 4. The van der Waals surface area contributed by atoms with Crippen LogP contribution in [-0.2, 0) is 61.1 Å². The molecule has 3 aromatic rings. The summed E-state index contributed by atoms with van der Waals surface area (Å²) in [7, 11) is -0.547. The van der Waals surface area contributed by atoms with Crippen LogP contribution in [0.15, 0.2) is 76.0 Å². The number of primary sulfonamides is 1. The maximum absolute atomic E-state index is 15.0. The van der Waals surface area contributed by atoms with Crippen LogP contribution < -0.4 is 5.14 Å². The number of esters is 1. The fourth-order valence-corrected chi connectivity index (χ4v) is 12.0. The van der Waals surface area contributed by atoms with Crippen LogP contribution in [0.1, 0.15) is 91.9 Å². The second-order valence-electron chi connectivity index (χ2n) is 19.5. The highest BCUT2D eigenvalue weighted by Crippen LogP contribution is 2.54. The zero-order chi connectivity index (χ0) is 48.8. The number of aliphatic hydroxyl groups excluding tert-OH is 1. The fraction of sp³-hybridized carbons (Fsp3) is 0.600. The van der Waals surface area contributed by atoms with E-state index in [0.717, 1.165) is 12.8 Å². The second kappa shape index (κ2) is 19.5. The number of ether oxygens (including phenoxy) is 5. The second-order valence-corrected chi connectivity index (χ2v) is 21.1. The van der Waals surface area contributed by atoms with Crippen molar-refractivity contribution in [1.82, 2.24) is 9.80 Å². The van der Waals surface area contributed by atoms with Crippen LogP contribution in [0.3, 0.4) is 0 Å². The SMILES string of the molecule is CCC1OC(=O)[C@H](C)C(=O)[C@H](C)[C@@]2(O[C@@H]3OC2C[C@H](N(C)Cc2ccc(-c4ccc(S(N)(=O)=O)cc4)o2)[C@H]3O)[C@](C)(OC)C[C@@H](C)C(=O)[C@H](C)[C@H]2N(CCCCc3ccccc3)C(=O)O[C@]12C. The number of unbranched alkanes of at least 4 members (excludes halogenated alkanes) is 1. The predicted octanol–water partition coefficient (Wildman–Crippen LogP) is 6.05. The number of nitrogens with two attached hydrogens (primary N) is 1. The summed E-state index contributed by atoms with van der Waals surface area (Å²) in [5.41, 5.74) is -2.63. The Kier molecular flexibility index (Phi) is 14.7. The molecule has 4 aliphatic rings. The number of hydrogen-bond acceptors (Lipinski definition) is 14. The van der Waals surface area contributed by atoms with Gasteiger partial charge in [-0.15, -0.1) is 0 Å². The Hall–Kier alpha value is -4.49. The number of ketones is 2. The molecule has 4 aliphatic heterocycles. The maximum Gasteiger partial charge on any atom is 0.410 e. The van der Waals surface area contributed by atoms with Gasteiger partial charge >= 0.3 is 12.1 Å². The molecule has 1 aromatic heterocycles. The summed E-state index contributed by atoms with van der Waals surface area (Å²) >= 11 is 0. The quantitative estimate of drug-likeness (QED) is 0.120. The number of aliphatic hydroxyl groups is 1. The smallest absolute Gasteiger partial charge is 0.410 e. The minimum atomic E-state index is -3.87. The topological polar surface area (TPSA) is 214 Å². The lowest BCUT2D eigenvalue weighted by atomic mass is 9.64. The van der Waals surface area contributed by atoms with E-state index in [0.29, 0.717) is 30.0 Å². The average molecular weight is 950 g/mol. The molecule has 7 rings (SSSR count). The molecular weight excluding hydrogens is 883 g/mol. The van der Waals surface area contributed by atoms with E-state index in [1.165, 1.54) is 31.7 Å². The number of carbonyl (C=O) groups excluding carboxylic acids is 4. The van der Waals surface area contributed by atoms with Gasteiger partial charge in [-0.25, -0.2) is 18.4 Å². The maximum atomic E-state index is 15.0. The number of hydrogen-bond donors (Lipinski definition) is 2. The molecular formula is C50H67N3O13S. The first kappa shape index (κ1) is 50.4. The molecule has 13 atom stereocenters. The van der Waals surface area contributed by atoms with Crippen molar-refractivity contribution in [2.75, 3.05) is 20.7 Å². The van der Waals surface area contributed by atoms with Crippen molar-refractivity contribution < 1.29 is 60.8 Å². The third-order valence-electron chi connectivity index (χ3n) is 15.2. The molecule has 0 saturated carbocycles. The molecule has 2 unspecified atom stereocenters. The number of aryl methyl sites for hydroxylation is 1. The molecule has 1 amide bonds. The number of Topliss-reactive ketones (excluding diaryl/α,β-unsaturated/α-hetero) is 2. The van der Waals surface area contributed by atoms with Crippen molar-refractivity contribution in [3.8, 4) is 11.3 Å². The van der Waals surface area contributed by atoms with Crippen LogP contribution in [0, 0.1) is 23.7 Å². The van der Waals surface area contributed by atoms with Crippen LogP contribution >= 0.6 is 0 Å². The molecule has 2 aromatic carbocycles. The van der Waals surface area contributed by atoms with Gasteiger partial charge in [0, 0.05) is 37.1 Å². The number of amides is 1. The minimum absolute atomic E-state index is 0.0222. The minimum Gasteiger partial charge on any atom is -0.460 e. The van der Waals surface area contributed by atoms with Gasteiger partial charge in [0.05, 0.1) is 35.1 Å². The Labute approximate surface area is 393 Å². The van der Waals surface area contributed by atoms with Gasteiger partial charge in [-0.1, -0.05) is 58.0 Å². The molecule has 0 aliphatic carbocycles. The normalized spacial score (nSPS) is 35.1. The standard InChI is InChI=1S/C50H67N3O13S/c1-10-39-49(7)44(53(47(58)66-49)25-15-14-18-33-16-12-11-13-17-33)30(3)41(54)29(2)27-48(6,61-9)50(32(5)42(55)31(4)45(57)63-39)40-26-37(43(56)46(64-40)65-50)52(8)28-35-21-24-38(62-35)34-19-22-36(23-20-34)67(51,59)60/h11-13,16-17,19-24,29-32,37,39-40,43-44,46,56H,10,14-15,18,25-28H2,1-9H3,(H2,51,59,60)/t29-,30+,31-,32+,37+,39?,40?,43-,44-,46+,48-,49-,50+/m1/s1. The Bertz CT molecular complexity index is 2400. The van der Waals surface area contributed by atoms with Gasteiger partial charge in [0.25, 0.3) is 0 Å². The Morgan fingerprint density at radius 1 is 0.940 bits per heavy atom. The van der Waals surface area contributed by atoms with Crippen LogP contribution in [-0.4, -0.2) is 121 Å².